The highest BCUT2D eigenvalue weighted by molar-refractivity contribution is 4.95. The van der Waals surface area contributed by atoms with Gasteiger partial charge in [0.25, 0.3) is 0 Å². The average molecular weight is 256 g/mol. The van der Waals surface area contributed by atoms with E-state index in [1.54, 1.807) is 0 Å². The van der Waals surface area contributed by atoms with Crippen LogP contribution in [0.2, 0.25) is 0 Å². The Morgan fingerprint density at radius 2 is 1.67 bits per heavy atom. The van der Waals surface area contributed by atoms with Gasteiger partial charge < -0.3 is 10.5 Å². The minimum Gasteiger partial charge on any atom is -0.379 e. The molecule has 1 saturated heterocycles. The van der Waals surface area contributed by atoms with Crippen LogP contribution in [0.3, 0.4) is 0 Å². The fourth-order valence-electron chi connectivity index (χ4n) is 2.55. The van der Waals surface area contributed by atoms with Crippen LogP contribution in [0.4, 0.5) is 0 Å². The summed E-state index contributed by atoms with van der Waals surface area (Å²) in [6.45, 7) is 13.9. The molecular weight excluding hydrogens is 224 g/mol. The van der Waals surface area contributed by atoms with Crippen molar-refractivity contribution in [3.8, 4) is 0 Å². The van der Waals surface area contributed by atoms with Crippen molar-refractivity contribution in [2.45, 2.75) is 52.5 Å². The SMILES string of the molecule is CC(C)CCN(CCC(C)C)C1(CN)CCOC1. The van der Waals surface area contributed by atoms with E-state index in [1.807, 2.05) is 0 Å². The summed E-state index contributed by atoms with van der Waals surface area (Å²) < 4.78 is 5.62. The Hall–Kier alpha value is -0.120. The van der Waals surface area contributed by atoms with Crippen molar-refractivity contribution in [2.75, 3.05) is 32.8 Å². The third-order valence-electron chi connectivity index (χ3n) is 4.09. The summed E-state index contributed by atoms with van der Waals surface area (Å²) in [4.78, 5) is 2.61. The topological polar surface area (TPSA) is 38.5 Å². The minimum atomic E-state index is 0.115. The number of nitrogens with zero attached hydrogens (tertiary/aromatic N) is 1. The van der Waals surface area contributed by atoms with Crippen LogP contribution in [0.25, 0.3) is 0 Å². The van der Waals surface area contributed by atoms with E-state index in [0.717, 1.165) is 51.1 Å². The van der Waals surface area contributed by atoms with Gasteiger partial charge in [-0.1, -0.05) is 27.7 Å². The van der Waals surface area contributed by atoms with Gasteiger partial charge >= 0.3 is 0 Å². The molecule has 0 saturated carbocycles. The quantitative estimate of drug-likeness (QED) is 0.725. The van der Waals surface area contributed by atoms with Gasteiger partial charge in [-0.15, -0.1) is 0 Å². The van der Waals surface area contributed by atoms with Gasteiger partial charge in [0.15, 0.2) is 0 Å². The first-order valence-electron chi connectivity index (χ1n) is 7.53. The van der Waals surface area contributed by atoms with Crippen LogP contribution < -0.4 is 5.73 Å². The van der Waals surface area contributed by atoms with Gasteiger partial charge in [0.05, 0.1) is 12.1 Å². The average Bonchev–Trinajstić information content (AvgIpc) is 2.78. The summed E-state index contributed by atoms with van der Waals surface area (Å²) in [5.41, 5.74) is 6.18. The van der Waals surface area contributed by atoms with E-state index in [4.69, 9.17) is 10.5 Å². The van der Waals surface area contributed by atoms with Gasteiger partial charge in [0, 0.05) is 13.2 Å². The van der Waals surface area contributed by atoms with E-state index in [9.17, 15) is 0 Å². The maximum absolute atomic E-state index is 6.06. The Balaban J connectivity index is 2.61. The van der Waals surface area contributed by atoms with E-state index < -0.39 is 0 Å². The molecule has 0 aromatic rings. The molecule has 0 radical (unpaired) electrons. The molecule has 1 unspecified atom stereocenters. The molecule has 0 amide bonds. The van der Waals surface area contributed by atoms with Gasteiger partial charge in [-0.05, 0) is 44.2 Å². The van der Waals surface area contributed by atoms with Gasteiger partial charge in [-0.25, -0.2) is 0 Å². The molecular formula is C15H32N2O. The third kappa shape index (κ3) is 4.52. The summed E-state index contributed by atoms with van der Waals surface area (Å²) >= 11 is 0. The van der Waals surface area contributed by atoms with Crippen molar-refractivity contribution in [3.63, 3.8) is 0 Å². The number of nitrogens with two attached hydrogens (primary N) is 1. The van der Waals surface area contributed by atoms with Crippen LogP contribution in [0.5, 0.6) is 0 Å². The number of rotatable bonds is 8. The fraction of sp³-hybridized carbons (Fsp3) is 1.00. The summed E-state index contributed by atoms with van der Waals surface area (Å²) in [6.07, 6.45) is 3.60. The van der Waals surface area contributed by atoms with E-state index in [0.29, 0.717) is 0 Å². The molecule has 1 rings (SSSR count). The molecule has 0 aromatic heterocycles. The Kier molecular flexibility index (Phi) is 6.61. The minimum absolute atomic E-state index is 0.115. The van der Waals surface area contributed by atoms with Gasteiger partial charge in [-0.3, -0.25) is 4.90 Å². The fourth-order valence-corrected chi connectivity index (χ4v) is 2.55. The first-order valence-corrected chi connectivity index (χ1v) is 7.53. The lowest BCUT2D eigenvalue weighted by atomic mass is 9.94. The zero-order valence-corrected chi connectivity index (χ0v) is 12.7. The number of hydrogen-bond donors (Lipinski definition) is 1. The Bertz CT molecular complexity index is 211. The monoisotopic (exact) mass is 256 g/mol. The second-order valence-corrected chi connectivity index (χ2v) is 6.58. The number of hydrogen-bond acceptors (Lipinski definition) is 3. The lowest BCUT2D eigenvalue weighted by Gasteiger charge is -2.40. The molecule has 18 heavy (non-hydrogen) atoms. The smallest absolute Gasteiger partial charge is 0.0663 e. The van der Waals surface area contributed by atoms with E-state index in [1.165, 1.54) is 12.8 Å². The van der Waals surface area contributed by atoms with Crippen LogP contribution in [-0.4, -0.2) is 43.3 Å². The molecule has 2 N–H and O–H groups in total. The molecule has 1 heterocycles. The van der Waals surface area contributed by atoms with Crippen molar-refractivity contribution in [1.82, 2.24) is 4.90 Å². The largest absolute Gasteiger partial charge is 0.379 e. The van der Waals surface area contributed by atoms with Gasteiger partial charge in [0.1, 0.15) is 0 Å². The Labute approximate surface area is 113 Å². The zero-order valence-electron chi connectivity index (χ0n) is 12.7. The molecule has 1 atom stereocenters. The van der Waals surface area contributed by atoms with Crippen LogP contribution in [0.15, 0.2) is 0 Å². The van der Waals surface area contributed by atoms with Crippen molar-refractivity contribution < 1.29 is 4.74 Å². The van der Waals surface area contributed by atoms with E-state index in [-0.39, 0.29) is 5.54 Å². The summed E-state index contributed by atoms with van der Waals surface area (Å²) in [5, 5.41) is 0. The van der Waals surface area contributed by atoms with Crippen LogP contribution in [0, 0.1) is 11.8 Å². The van der Waals surface area contributed by atoms with Gasteiger partial charge in [0.2, 0.25) is 0 Å². The normalized spacial score (nSPS) is 24.7. The Morgan fingerprint density at radius 3 is 2.00 bits per heavy atom. The first-order chi connectivity index (χ1) is 8.50. The summed E-state index contributed by atoms with van der Waals surface area (Å²) in [6, 6.07) is 0. The lowest BCUT2D eigenvalue weighted by Crippen LogP contribution is -2.55. The van der Waals surface area contributed by atoms with Crippen molar-refractivity contribution in [3.05, 3.63) is 0 Å². The van der Waals surface area contributed by atoms with Crippen molar-refractivity contribution in [2.24, 2.45) is 17.6 Å². The lowest BCUT2D eigenvalue weighted by molar-refractivity contribution is 0.0638. The number of ether oxygens (including phenoxy) is 1. The molecule has 0 aromatic carbocycles. The summed E-state index contributed by atoms with van der Waals surface area (Å²) in [5.74, 6) is 1.51. The molecule has 3 heteroatoms. The highest BCUT2D eigenvalue weighted by atomic mass is 16.5. The molecule has 0 spiro atoms. The molecule has 3 nitrogen and oxygen atoms in total. The molecule has 1 aliphatic rings. The predicted octanol–water partition coefficient (Wildman–Crippen LogP) is 2.50. The van der Waals surface area contributed by atoms with Crippen molar-refractivity contribution >= 4 is 0 Å². The molecule has 1 fully saturated rings. The van der Waals surface area contributed by atoms with E-state index in [2.05, 4.69) is 32.6 Å². The Morgan fingerprint density at radius 1 is 1.11 bits per heavy atom. The van der Waals surface area contributed by atoms with Gasteiger partial charge in [-0.2, -0.15) is 0 Å². The molecule has 0 aliphatic carbocycles. The maximum atomic E-state index is 6.06. The first kappa shape index (κ1) is 15.9. The second-order valence-electron chi connectivity index (χ2n) is 6.58. The molecule has 0 bridgehead atoms. The van der Waals surface area contributed by atoms with Crippen molar-refractivity contribution in [1.29, 1.82) is 0 Å². The molecule has 1 aliphatic heterocycles. The highest BCUT2D eigenvalue weighted by Crippen LogP contribution is 2.27. The summed E-state index contributed by atoms with van der Waals surface area (Å²) in [7, 11) is 0. The molecule has 108 valence electrons. The second kappa shape index (κ2) is 7.46. The van der Waals surface area contributed by atoms with E-state index >= 15 is 0 Å². The predicted molar refractivity (Wildman–Crippen MR) is 77.7 cm³/mol. The van der Waals surface area contributed by atoms with Crippen LogP contribution >= 0.6 is 0 Å². The highest BCUT2D eigenvalue weighted by Gasteiger charge is 2.38. The van der Waals surface area contributed by atoms with Crippen LogP contribution in [-0.2, 0) is 4.74 Å². The van der Waals surface area contributed by atoms with Crippen LogP contribution in [0.1, 0.15) is 47.0 Å². The third-order valence-corrected chi connectivity index (χ3v) is 4.09. The zero-order chi connectivity index (χ0) is 13.6. The standard InChI is InChI=1S/C15H32N2O/c1-13(2)5-8-17(9-6-14(3)4)15(11-16)7-10-18-12-15/h13-14H,5-12,16H2,1-4H3. The maximum Gasteiger partial charge on any atom is 0.0663 e.